The van der Waals surface area contributed by atoms with Crippen molar-refractivity contribution in [3.63, 3.8) is 0 Å². The van der Waals surface area contributed by atoms with Crippen LogP contribution in [0.1, 0.15) is 33.9 Å². The molecule has 0 saturated heterocycles. The molecular weight excluding hydrogens is 505 g/mol. The SMILES string of the molecule is C1=Cc2cc3ccc(cc4ccc(cc5nc(cc1n2)C=C5)[nH]4)[nH]3.Nc1ccccc1CCc1ccccc1.[Al]. The third kappa shape index (κ3) is 6.87. The van der Waals surface area contributed by atoms with Gasteiger partial charge in [0.2, 0.25) is 0 Å². The third-order valence-corrected chi connectivity index (χ3v) is 6.62. The lowest BCUT2D eigenvalue weighted by Crippen LogP contribution is -1.96. The molecule has 8 bridgehead atoms. The molecule has 0 aliphatic carbocycles. The van der Waals surface area contributed by atoms with Gasteiger partial charge in [-0.25, -0.2) is 9.97 Å². The predicted octanol–water partition coefficient (Wildman–Crippen LogP) is 7.33. The quantitative estimate of drug-likeness (QED) is 0.164. The summed E-state index contributed by atoms with van der Waals surface area (Å²) in [4.78, 5) is 16.0. The van der Waals surface area contributed by atoms with Gasteiger partial charge >= 0.3 is 0 Å². The van der Waals surface area contributed by atoms with Crippen LogP contribution in [0.25, 0.3) is 46.4 Å². The number of nitrogens with one attached hydrogen (secondary N) is 2. The van der Waals surface area contributed by atoms with Crippen molar-refractivity contribution < 1.29 is 0 Å². The van der Waals surface area contributed by atoms with Crippen LogP contribution in [0.2, 0.25) is 0 Å². The minimum Gasteiger partial charge on any atom is -0.399 e. The number of aromatic nitrogens is 4. The van der Waals surface area contributed by atoms with Gasteiger partial charge in [-0.2, -0.15) is 0 Å². The monoisotopic (exact) mass is 534 g/mol. The number of fused-ring (bicyclic) bond motifs is 8. The fourth-order valence-corrected chi connectivity index (χ4v) is 4.63. The van der Waals surface area contributed by atoms with Crippen molar-refractivity contribution in [1.82, 2.24) is 19.9 Å². The fourth-order valence-electron chi connectivity index (χ4n) is 4.63. The minimum absolute atomic E-state index is 0. The molecule has 2 aliphatic heterocycles. The number of H-pyrrole nitrogens is 2. The largest absolute Gasteiger partial charge is 0.399 e. The van der Waals surface area contributed by atoms with Gasteiger partial charge < -0.3 is 15.7 Å². The molecule has 40 heavy (non-hydrogen) atoms. The van der Waals surface area contributed by atoms with Gasteiger partial charge in [0.25, 0.3) is 0 Å². The van der Waals surface area contributed by atoms with Crippen molar-refractivity contribution in [3.05, 3.63) is 137 Å². The Morgan fingerprint density at radius 1 is 0.500 bits per heavy atom. The van der Waals surface area contributed by atoms with Gasteiger partial charge in [-0.1, -0.05) is 48.5 Å². The summed E-state index contributed by atoms with van der Waals surface area (Å²) in [5.41, 5.74) is 17.2. The smallest absolute Gasteiger partial charge is 0.0659 e. The Morgan fingerprint density at radius 2 is 0.975 bits per heavy atom. The summed E-state index contributed by atoms with van der Waals surface area (Å²) in [6.07, 6.45) is 10.1. The van der Waals surface area contributed by atoms with E-state index in [-0.39, 0.29) is 17.4 Å². The molecule has 0 atom stereocenters. The highest BCUT2D eigenvalue weighted by atomic mass is 27.0. The van der Waals surface area contributed by atoms with Gasteiger partial charge in [0, 0.05) is 45.1 Å². The van der Waals surface area contributed by atoms with Crippen LogP contribution in [0.3, 0.4) is 0 Å². The lowest BCUT2D eigenvalue weighted by molar-refractivity contribution is 0.963. The first kappa shape index (κ1) is 27.0. The highest BCUT2D eigenvalue weighted by Crippen LogP contribution is 2.17. The average Bonchev–Trinajstić information content (AvgIpc) is 3.76. The van der Waals surface area contributed by atoms with Crippen molar-refractivity contribution in [2.45, 2.75) is 12.8 Å². The number of aryl methyl sites for hydroxylation is 2. The topological polar surface area (TPSA) is 83.4 Å². The molecule has 3 radical (unpaired) electrons. The second kappa shape index (κ2) is 12.5. The lowest BCUT2D eigenvalue weighted by atomic mass is 10.0. The molecule has 193 valence electrons. The number of aromatic amines is 2. The molecule has 5 aromatic rings. The zero-order valence-corrected chi connectivity index (χ0v) is 23.2. The van der Waals surface area contributed by atoms with E-state index < -0.39 is 0 Å². The molecule has 5 nitrogen and oxygen atoms in total. The van der Waals surface area contributed by atoms with Crippen LogP contribution in [0.4, 0.5) is 5.69 Å². The molecule has 3 aromatic heterocycles. The summed E-state index contributed by atoms with van der Waals surface area (Å²) in [5, 5.41) is 0. The van der Waals surface area contributed by atoms with E-state index in [4.69, 9.17) is 5.73 Å². The summed E-state index contributed by atoms with van der Waals surface area (Å²) in [6, 6.07) is 35.0. The zero-order valence-electron chi connectivity index (χ0n) is 22.1. The van der Waals surface area contributed by atoms with Gasteiger partial charge in [-0.05, 0) is 103 Å². The van der Waals surface area contributed by atoms with Gasteiger partial charge in [0.15, 0.2) is 0 Å². The summed E-state index contributed by atoms with van der Waals surface area (Å²) in [6.45, 7) is 0. The van der Waals surface area contributed by atoms with Crippen molar-refractivity contribution in [2.24, 2.45) is 0 Å². The normalized spacial score (nSPS) is 11.4. The van der Waals surface area contributed by atoms with Gasteiger partial charge in [0.05, 0.1) is 22.8 Å². The Bertz CT molecular complexity index is 1740. The van der Waals surface area contributed by atoms with E-state index in [2.05, 4.69) is 80.6 Å². The highest BCUT2D eigenvalue weighted by Gasteiger charge is 2.02. The van der Waals surface area contributed by atoms with Gasteiger partial charge in [0.1, 0.15) is 0 Å². The van der Waals surface area contributed by atoms with Crippen molar-refractivity contribution >= 4 is 69.4 Å². The minimum atomic E-state index is 0. The number of hydrogen-bond donors (Lipinski definition) is 3. The Kier molecular flexibility index (Phi) is 8.41. The van der Waals surface area contributed by atoms with Gasteiger partial charge in [-0.15, -0.1) is 0 Å². The van der Waals surface area contributed by atoms with E-state index in [1.165, 1.54) is 11.1 Å². The lowest BCUT2D eigenvalue weighted by Gasteiger charge is -2.04. The van der Waals surface area contributed by atoms with E-state index in [0.29, 0.717) is 0 Å². The molecule has 7 rings (SSSR count). The van der Waals surface area contributed by atoms with E-state index in [1.54, 1.807) is 0 Å². The Labute approximate surface area is 244 Å². The van der Waals surface area contributed by atoms with Crippen molar-refractivity contribution in [2.75, 3.05) is 5.73 Å². The molecule has 0 spiro atoms. The number of nitrogens with two attached hydrogens (primary N) is 1. The van der Waals surface area contributed by atoms with Crippen LogP contribution in [-0.4, -0.2) is 37.3 Å². The number of hydrogen-bond acceptors (Lipinski definition) is 3. The predicted molar refractivity (Wildman–Crippen MR) is 169 cm³/mol. The number of para-hydroxylation sites is 1. The van der Waals surface area contributed by atoms with Crippen LogP contribution in [0.15, 0.2) is 103 Å². The van der Waals surface area contributed by atoms with Crippen LogP contribution in [0, 0.1) is 0 Å². The first-order valence-electron chi connectivity index (χ1n) is 13.1. The maximum Gasteiger partial charge on any atom is 0.0659 e. The molecule has 5 heterocycles. The molecule has 4 N–H and O–H groups in total. The van der Waals surface area contributed by atoms with Gasteiger partial charge in [-0.3, -0.25) is 0 Å². The summed E-state index contributed by atoms with van der Waals surface area (Å²) < 4.78 is 0. The number of nitrogens with zero attached hydrogens (tertiary/aromatic N) is 2. The molecule has 0 unspecified atom stereocenters. The maximum absolute atomic E-state index is 5.88. The van der Waals surface area contributed by atoms with Crippen LogP contribution in [-0.2, 0) is 12.8 Å². The molecule has 0 fully saturated rings. The number of benzene rings is 2. The van der Waals surface area contributed by atoms with Crippen molar-refractivity contribution in [3.8, 4) is 0 Å². The summed E-state index contributed by atoms with van der Waals surface area (Å²) in [7, 11) is 0. The second-order valence-electron chi connectivity index (χ2n) is 9.59. The molecule has 0 saturated carbocycles. The van der Waals surface area contributed by atoms with E-state index in [0.717, 1.165) is 63.4 Å². The third-order valence-electron chi connectivity index (χ3n) is 6.62. The summed E-state index contributed by atoms with van der Waals surface area (Å²) in [5.74, 6) is 0. The number of rotatable bonds is 3. The Hall–Kier alpha value is -4.63. The van der Waals surface area contributed by atoms with Crippen molar-refractivity contribution in [1.29, 1.82) is 0 Å². The zero-order chi connectivity index (χ0) is 26.4. The van der Waals surface area contributed by atoms with Crippen LogP contribution >= 0.6 is 0 Å². The Morgan fingerprint density at radius 3 is 1.52 bits per heavy atom. The first-order valence-corrected chi connectivity index (χ1v) is 13.1. The second-order valence-corrected chi connectivity index (χ2v) is 9.59. The molecule has 0 amide bonds. The maximum atomic E-state index is 5.88. The first-order chi connectivity index (χ1) is 19.2. The van der Waals surface area contributed by atoms with Crippen LogP contribution in [0.5, 0.6) is 0 Å². The molecule has 6 heteroatoms. The fraction of sp³-hybridized carbons (Fsp3) is 0.0588. The number of anilines is 1. The standard InChI is InChI=1S/C20H14N4.C14H15N.Al/c1-2-14-10-16-5-6-18(23-16)12-20-8-7-19(24-20)11-17-4-3-15(22-17)9-13(1)21-14;15-14-9-5-4-8-13(14)11-10-12-6-2-1-3-7-12;/h1-12,21-22H;1-9H,10-11,15H2;. The van der Waals surface area contributed by atoms with Crippen LogP contribution < -0.4 is 5.73 Å². The molecular formula is C34H29AlN5. The highest BCUT2D eigenvalue weighted by molar-refractivity contribution is 5.77. The molecule has 2 aromatic carbocycles. The Balaban J connectivity index is 0.000000175. The van der Waals surface area contributed by atoms with E-state index in [1.807, 2.05) is 66.8 Å². The molecule has 2 aliphatic rings. The van der Waals surface area contributed by atoms with E-state index >= 15 is 0 Å². The number of nitrogen functional groups attached to an aromatic ring is 1. The van der Waals surface area contributed by atoms with E-state index in [9.17, 15) is 0 Å². The summed E-state index contributed by atoms with van der Waals surface area (Å²) >= 11 is 0. The average molecular weight is 535 g/mol.